The molecule has 158 valence electrons. The van der Waals surface area contributed by atoms with Crippen LogP contribution in [0.5, 0.6) is 11.5 Å². The van der Waals surface area contributed by atoms with Gasteiger partial charge in [0.05, 0.1) is 0 Å². The lowest BCUT2D eigenvalue weighted by Gasteiger charge is -2.34. The van der Waals surface area contributed by atoms with Crippen LogP contribution in [-0.4, -0.2) is 63.4 Å². The first-order chi connectivity index (χ1) is 14.5. The molecular weight excluding hydrogens is 388 g/mol. The molecule has 0 aliphatic carbocycles. The van der Waals surface area contributed by atoms with Crippen molar-refractivity contribution in [3.8, 4) is 11.5 Å². The zero-order valence-electron chi connectivity index (χ0n) is 17.1. The number of rotatable bonds is 3. The topological polar surface area (TPSA) is 97.6 Å². The van der Waals surface area contributed by atoms with E-state index >= 15 is 0 Å². The van der Waals surface area contributed by atoms with Gasteiger partial charge in [0, 0.05) is 46.8 Å². The summed E-state index contributed by atoms with van der Waals surface area (Å²) in [5, 5.41) is 0. The molecule has 3 aromatic rings. The Morgan fingerprint density at radius 1 is 1.00 bits per heavy atom. The average Bonchev–Trinajstić information content (AvgIpc) is 3.22. The van der Waals surface area contributed by atoms with Gasteiger partial charge < -0.3 is 19.4 Å². The fraction of sp³-hybridized carbons (Fsp3) is 0.450. The zero-order valence-corrected chi connectivity index (χ0v) is 17.1. The highest BCUT2D eigenvalue weighted by molar-refractivity contribution is 5.73. The summed E-state index contributed by atoms with van der Waals surface area (Å²) in [6.07, 6.45) is 0. The molecule has 0 bridgehead atoms. The van der Waals surface area contributed by atoms with Crippen molar-refractivity contribution >= 4 is 17.1 Å². The Bertz CT molecular complexity index is 1220. The van der Waals surface area contributed by atoms with Gasteiger partial charge in [-0.1, -0.05) is 6.07 Å². The minimum Gasteiger partial charge on any atom is -0.486 e. The number of aromatic nitrogens is 4. The molecule has 0 spiro atoms. The fourth-order valence-electron chi connectivity index (χ4n) is 4.03. The van der Waals surface area contributed by atoms with Gasteiger partial charge in [-0.05, 0) is 17.7 Å². The summed E-state index contributed by atoms with van der Waals surface area (Å²) >= 11 is 0. The number of nitrogens with one attached hydrogen (secondary N) is 1. The van der Waals surface area contributed by atoms with Gasteiger partial charge in [0.1, 0.15) is 13.2 Å². The zero-order chi connectivity index (χ0) is 20.8. The normalized spacial score (nSPS) is 16.9. The molecule has 0 radical (unpaired) electrons. The summed E-state index contributed by atoms with van der Waals surface area (Å²) < 4.78 is 13.8. The SMILES string of the molecule is Cn1c(=O)c2[nH]c(N3CCN(Cc4ccc5c(c4)OCCO5)CC3)nc2n(C)c1=O. The standard InChI is InChI=1S/C20H24N6O4/c1-23-17-16(18(27)24(2)20(23)28)21-19(22-17)26-7-5-25(6-8-26)12-13-3-4-14-15(11-13)30-10-9-29-14/h3-4,11H,5-10,12H2,1-2H3,(H,21,22). The van der Waals surface area contributed by atoms with Crippen molar-refractivity contribution in [3.63, 3.8) is 0 Å². The van der Waals surface area contributed by atoms with Gasteiger partial charge in [-0.2, -0.15) is 4.98 Å². The number of imidazole rings is 1. The van der Waals surface area contributed by atoms with Crippen molar-refractivity contribution < 1.29 is 9.47 Å². The predicted octanol–water partition coefficient (Wildman–Crippen LogP) is 0.0537. The first-order valence-corrected chi connectivity index (χ1v) is 10.0. The lowest BCUT2D eigenvalue weighted by molar-refractivity contribution is 0.171. The van der Waals surface area contributed by atoms with Crippen LogP contribution in [0.2, 0.25) is 0 Å². The molecule has 10 nitrogen and oxygen atoms in total. The van der Waals surface area contributed by atoms with Crippen LogP contribution in [0.25, 0.3) is 11.2 Å². The largest absolute Gasteiger partial charge is 0.486 e. The van der Waals surface area contributed by atoms with Crippen molar-refractivity contribution in [3.05, 3.63) is 44.6 Å². The first-order valence-electron chi connectivity index (χ1n) is 10.0. The van der Waals surface area contributed by atoms with Crippen molar-refractivity contribution in [2.45, 2.75) is 6.54 Å². The minimum absolute atomic E-state index is 0.355. The van der Waals surface area contributed by atoms with Gasteiger partial charge in [-0.3, -0.25) is 18.8 Å². The monoisotopic (exact) mass is 412 g/mol. The van der Waals surface area contributed by atoms with E-state index in [9.17, 15) is 9.59 Å². The highest BCUT2D eigenvalue weighted by Crippen LogP contribution is 2.31. The Kier molecular flexibility index (Phi) is 4.50. The van der Waals surface area contributed by atoms with Gasteiger partial charge in [-0.15, -0.1) is 0 Å². The number of aromatic amines is 1. The number of H-pyrrole nitrogens is 1. The smallest absolute Gasteiger partial charge is 0.332 e. The molecule has 4 heterocycles. The molecule has 2 aliphatic heterocycles. The molecule has 0 atom stereocenters. The van der Waals surface area contributed by atoms with Crippen LogP contribution in [0, 0.1) is 0 Å². The molecule has 10 heteroatoms. The molecule has 1 fully saturated rings. The summed E-state index contributed by atoms with van der Waals surface area (Å²) in [5.41, 5.74) is 1.19. The molecule has 0 unspecified atom stereocenters. The van der Waals surface area contributed by atoms with Gasteiger partial charge >= 0.3 is 5.69 Å². The Morgan fingerprint density at radius 3 is 2.50 bits per heavy atom. The van der Waals surface area contributed by atoms with Gasteiger partial charge in [0.2, 0.25) is 5.95 Å². The third-order valence-electron chi connectivity index (χ3n) is 5.77. The number of nitrogens with zero attached hydrogens (tertiary/aromatic N) is 5. The number of benzene rings is 1. The fourth-order valence-corrected chi connectivity index (χ4v) is 4.03. The third kappa shape index (κ3) is 3.13. The van der Waals surface area contributed by atoms with Crippen LogP contribution in [0.1, 0.15) is 5.56 Å². The molecule has 2 aliphatic rings. The Morgan fingerprint density at radius 2 is 1.73 bits per heavy atom. The van der Waals surface area contributed by atoms with Crippen molar-refractivity contribution in [1.82, 2.24) is 24.0 Å². The Labute approximate surface area is 172 Å². The first kappa shape index (κ1) is 18.7. The van der Waals surface area contributed by atoms with Gasteiger partial charge in [-0.25, -0.2) is 4.79 Å². The van der Waals surface area contributed by atoms with E-state index in [0.717, 1.165) is 48.8 Å². The number of hydrogen-bond donors (Lipinski definition) is 1. The van der Waals surface area contributed by atoms with Gasteiger partial charge in [0.15, 0.2) is 22.7 Å². The molecule has 1 saturated heterocycles. The maximum Gasteiger partial charge on any atom is 0.332 e. The predicted molar refractivity (Wildman–Crippen MR) is 111 cm³/mol. The molecule has 0 amide bonds. The van der Waals surface area contributed by atoms with Crippen molar-refractivity contribution in [2.75, 3.05) is 44.3 Å². The van der Waals surface area contributed by atoms with Crippen LogP contribution in [0.3, 0.4) is 0 Å². The molecule has 30 heavy (non-hydrogen) atoms. The minimum atomic E-state index is -0.380. The van der Waals surface area contributed by atoms with E-state index in [0.29, 0.717) is 30.3 Å². The maximum atomic E-state index is 12.4. The lowest BCUT2D eigenvalue weighted by Crippen LogP contribution is -2.46. The summed E-state index contributed by atoms with van der Waals surface area (Å²) in [6, 6.07) is 6.10. The molecule has 2 aromatic heterocycles. The van der Waals surface area contributed by atoms with Crippen LogP contribution in [0.4, 0.5) is 5.95 Å². The van der Waals surface area contributed by atoms with E-state index < -0.39 is 0 Å². The van der Waals surface area contributed by atoms with Crippen LogP contribution < -0.4 is 25.6 Å². The number of anilines is 1. The summed E-state index contributed by atoms with van der Waals surface area (Å²) in [7, 11) is 3.10. The molecular formula is C20H24N6O4. The van der Waals surface area contributed by atoms with E-state index in [-0.39, 0.29) is 11.2 Å². The highest BCUT2D eigenvalue weighted by atomic mass is 16.6. The summed E-state index contributed by atoms with van der Waals surface area (Å²) in [6.45, 7) is 5.29. The lowest BCUT2D eigenvalue weighted by atomic mass is 10.1. The van der Waals surface area contributed by atoms with Crippen molar-refractivity contribution in [1.29, 1.82) is 0 Å². The van der Waals surface area contributed by atoms with Crippen LogP contribution >= 0.6 is 0 Å². The van der Waals surface area contributed by atoms with E-state index in [1.807, 2.05) is 6.07 Å². The quantitative estimate of drug-likeness (QED) is 0.649. The molecule has 1 aromatic carbocycles. The molecule has 0 saturated carbocycles. The third-order valence-corrected chi connectivity index (χ3v) is 5.77. The highest BCUT2D eigenvalue weighted by Gasteiger charge is 2.22. The van der Waals surface area contributed by atoms with E-state index in [2.05, 4.69) is 31.9 Å². The van der Waals surface area contributed by atoms with Crippen molar-refractivity contribution in [2.24, 2.45) is 14.1 Å². The number of ether oxygens (including phenoxy) is 2. The summed E-state index contributed by atoms with van der Waals surface area (Å²) in [4.78, 5) is 36.6. The van der Waals surface area contributed by atoms with Crippen LogP contribution in [-0.2, 0) is 20.6 Å². The summed E-state index contributed by atoms with van der Waals surface area (Å²) in [5.74, 6) is 2.24. The second kappa shape index (κ2) is 7.21. The molecule has 1 N–H and O–H groups in total. The Balaban J connectivity index is 1.29. The number of aryl methyl sites for hydroxylation is 1. The maximum absolute atomic E-state index is 12.4. The second-order valence-corrected chi connectivity index (χ2v) is 7.71. The molecule has 5 rings (SSSR count). The van der Waals surface area contributed by atoms with E-state index in [4.69, 9.17) is 9.47 Å². The average molecular weight is 412 g/mol. The van der Waals surface area contributed by atoms with E-state index in [1.165, 1.54) is 17.2 Å². The Hall–Kier alpha value is -3.27. The number of hydrogen-bond acceptors (Lipinski definition) is 7. The number of fused-ring (bicyclic) bond motifs is 2. The van der Waals surface area contributed by atoms with Gasteiger partial charge in [0.25, 0.3) is 5.56 Å². The second-order valence-electron chi connectivity index (χ2n) is 7.71. The van der Waals surface area contributed by atoms with Crippen LogP contribution in [0.15, 0.2) is 27.8 Å². The van der Waals surface area contributed by atoms with E-state index in [1.54, 1.807) is 7.05 Å². The number of piperazine rings is 1.